The molecular weight excluding hydrogens is 362 g/mol. The van der Waals surface area contributed by atoms with Gasteiger partial charge in [0.25, 0.3) is 0 Å². The number of benzene rings is 2. The molecule has 1 N–H and O–H groups in total. The second-order valence-electron chi connectivity index (χ2n) is 5.67. The first-order valence-corrected chi connectivity index (χ1v) is 9.03. The van der Waals surface area contributed by atoms with Crippen LogP contribution in [0.4, 0.5) is 5.13 Å². The van der Waals surface area contributed by atoms with Crippen LogP contribution in [0.3, 0.4) is 0 Å². The van der Waals surface area contributed by atoms with Crippen molar-refractivity contribution in [1.82, 2.24) is 4.98 Å². The minimum atomic E-state index is -0.412. The quantitative estimate of drug-likeness (QED) is 0.317. The van der Waals surface area contributed by atoms with Gasteiger partial charge in [-0.3, -0.25) is 5.43 Å². The first kappa shape index (κ1) is 17.0. The van der Waals surface area contributed by atoms with Crippen molar-refractivity contribution in [2.45, 2.75) is 0 Å². The van der Waals surface area contributed by atoms with Crippen molar-refractivity contribution >= 4 is 33.7 Å². The van der Waals surface area contributed by atoms with Crippen molar-refractivity contribution in [1.29, 1.82) is 0 Å². The molecule has 7 heteroatoms. The Kier molecular flexibility index (Phi) is 4.67. The lowest BCUT2D eigenvalue weighted by atomic mass is 10.1. The van der Waals surface area contributed by atoms with Gasteiger partial charge in [-0.1, -0.05) is 30.3 Å². The van der Waals surface area contributed by atoms with Gasteiger partial charge in [0, 0.05) is 10.8 Å². The highest BCUT2D eigenvalue weighted by Gasteiger charge is 2.11. The second kappa shape index (κ2) is 7.43. The SMILES string of the molecule is COc1cccc(/C=N\Nc2nc(-c3cc4ccccc4oc3=O)cs2)c1. The van der Waals surface area contributed by atoms with Gasteiger partial charge >= 0.3 is 5.63 Å². The molecular formula is C20H15N3O3S. The molecule has 0 aliphatic heterocycles. The molecule has 2 aromatic heterocycles. The minimum Gasteiger partial charge on any atom is -0.497 e. The Labute approximate surface area is 158 Å². The van der Waals surface area contributed by atoms with Gasteiger partial charge in [-0.15, -0.1) is 11.3 Å². The summed E-state index contributed by atoms with van der Waals surface area (Å²) in [4.78, 5) is 16.7. The van der Waals surface area contributed by atoms with Gasteiger partial charge in [-0.2, -0.15) is 5.10 Å². The summed E-state index contributed by atoms with van der Waals surface area (Å²) in [6.45, 7) is 0. The van der Waals surface area contributed by atoms with E-state index in [1.165, 1.54) is 11.3 Å². The van der Waals surface area contributed by atoms with E-state index in [2.05, 4.69) is 15.5 Å². The van der Waals surface area contributed by atoms with Gasteiger partial charge in [0.05, 0.1) is 24.6 Å². The molecule has 27 heavy (non-hydrogen) atoms. The molecule has 0 saturated heterocycles. The number of nitrogens with one attached hydrogen (secondary N) is 1. The molecule has 134 valence electrons. The summed E-state index contributed by atoms with van der Waals surface area (Å²) in [6, 6.07) is 16.7. The van der Waals surface area contributed by atoms with Gasteiger partial charge in [-0.05, 0) is 29.8 Å². The number of hydrazone groups is 1. The predicted octanol–water partition coefficient (Wildman–Crippen LogP) is 4.37. The van der Waals surface area contributed by atoms with Gasteiger partial charge in [0.15, 0.2) is 0 Å². The van der Waals surface area contributed by atoms with Crippen LogP contribution in [0.5, 0.6) is 5.75 Å². The lowest BCUT2D eigenvalue weighted by Crippen LogP contribution is -2.02. The number of aromatic nitrogens is 1. The molecule has 0 aliphatic rings. The van der Waals surface area contributed by atoms with E-state index in [0.717, 1.165) is 16.7 Å². The maximum atomic E-state index is 12.2. The zero-order valence-electron chi connectivity index (χ0n) is 14.4. The van der Waals surface area contributed by atoms with Crippen LogP contribution in [-0.2, 0) is 0 Å². The van der Waals surface area contributed by atoms with E-state index in [-0.39, 0.29) is 0 Å². The number of methoxy groups -OCH3 is 1. The summed E-state index contributed by atoms with van der Waals surface area (Å²) in [5, 5.41) is 7.41. The summed E-state index contributed by atoms with van der Waals surface area (Å²) in [5.74, 6) is 0.763. The van der Waals surface area contributed by atoms with E-state index in [1.807, 2.05) is 42.5 Å². The van der Waals surface area contributed by atoms with E-state index in [1.54, 1.807) is 30.8 Å². The highest BCUT2D eigenvalue weighted by Crippen LogP contribution is 2.25. The van der Waals surface area contributed by atoms with Gasteiger partial charge in [0.1, 0.15) is 11.3 Å². The molecule has 0 unspecified atom stereocenters. The third-order valence-electron chi connectivity index (χ3n) is 3.89. The topological polar surface area (TPSA) is 76.7 Å². The van der Waals surface area contributed by atoms with Crippen LogP contribution in [-0.4, -0.2) is 18.3 Å². The number of fused-ring (bicyclic) bond motifs is 1. The van der Waals surface area contributed by atoms with Crippen molar-refractivity contribution < 1.29 is 9.15 Å². The fourth-order valence-electron chi connectivity index (χ4n) is 2.57. The number of nitrogens with zero attached hydrogens (tertiary/aromatic N) is 2. The Balaban J connectivity index is 1.54. The van der Waals surface area contributed by atoms with Crippen LogP contribution in [0, 0.1) is 0 Å². The predicted molar refractivity (Wildman–Crippen MR) is 108 cm³/mol. The van der Waals surface area contributed by atoms with Crippen LogP contribution in [0.2, 0.25) is 0 Å². The van der Waals surface area contributed by atoms with E-state index in [4.69, 9.17) is 9.15 Å². The monoisotopic (exact) mass is 377 g/mol. The van der Waals surface area contributed by atoms with Crippen LogP contribution >= 0.6 is 11.3 Å². The van der Waals surface area contributed by atoms with Crippen LogP contribution in [0.15, 0.2) is 74.3 Å². The van der Waals surface area contributed by atoms with Gasteiger partial charge in [0.2, 0.25) is 5.13 Å². The maximum Gasteiger partial charge on any atom is 0.345 e. The van der Waals surface area contributed by atoms with E-state index >= 15 is 0 Å². The van der Waals surface area contributed by atoms with Crippen molar-refractivity contribution in [3.8, 4) is 17.0 Å². The van der Waals surface area contributed by atoms with Crippen LogP contribution < -0.4 is 15.8 Å². The number of thiazole rings is 1. The van der Waals surface area contributed by atoms with Crippen LogP contribution in [0.1, 0.15) is 5.56 Å². The number of hydrogen-bond donors (Lipinski definition) is 1. The van der Waals surface area contributed by atoms with Gasteiger partial charge in [-0.25, -0.2) is 9.78 Å². The maximum absolute atomic E-state index is 12.2. The Hall–Kier alpha value is -3.45. The van der Waals surface area contributed by atoms with Crippen molar-refractivity contribution in [2.24, 2.45) is 5.10 Å². The van der Waals surface area contributed by atoms with Crippen molar-refractivity contribution in [3.05, 3.63) is 76.0 Å². The largest absolute Gasteiger partial charge is 0.497 e. The molecule has 0 aliphatic carbocycles. The first-order chi connectivity index (χ1) is 13.2. The van der Waals surface area contributed by atoms with E-state index < -0.39 is 5.63 Å². The minimum absolute atomic E-state index is 0.412. The lowest BCUT2D eigenvalue weighted by molar-refractivity contribution is 0.415. The van der Waals surface area contributed by atoms with Gasteiger partial charge < -0.3 is 9.15 Å². The molecule has 2 heterocycles. The molecule has 2 aromatic carbocycles. The highest BCUT2D eigenvalue weighted by atomic mass is 32.1. The number of ether oxygens (including phenoxy) is 1. The molecule has 0 spiro atoms. The number of hydrogen-bond acceptors (Lipinski definition) is 7. The summed E-state index contributed by atoms with van der Waals surface area (Å²) in [7, 11) is 1.62. The molecule has 4 aromatic rings. The standard InChI is InChI=1S/C20H15N3O3S/c1-25-15-7-4-5-13(9-15)11-21-23-20-22-17(12-27-20)16-10-14-6-2-3-8-18(14)26-19(16)24/h2-12H,1H3,(H,22,23)/b21-11-. The molecule has 0 bridgehead atoms. The second-order valence-corrected chi connectivity index (χ2v) is 6.53. The number of anilines is 1. The summed E-state index contributed by atoms with van der Waals surface area (Å²) in [6.07, 6.45) is 1.67. The van der Waals surface area contributed by atoms with Crippen LogP contribution in [0.25, 0.3) is 22.2 Å². The normalized spacial score (nSPS) is 11.1. The zero-order valence-corrected chi connectivity index (χ0v) is 15.2. The zero-order chi connectivity index (χ0) is 18.6. The Morgan fingerprint density at radius 1 is 1.19 bits per heavy atom. The Morgan fingerprint density at radius 2 is 2.07 bits per heavy atom. The molecule has 0 fully saturated rings. The molecule has 0 amide bonds. The fourth-order valence-corrected chi connectivity index (χ4v) is 3.23. The van der Waals surface area contributed by atoms with Crippen molar-refractivity contribution in [2.75, 3.05) is 12.5 Å². The highest BCUT2D eigenvalue weighted by molar-refractivity contribution is 7.14. The Bertz CT molecular complexity index is 1180. The number of para-hydroxylation sites is 1. The van der Waals surface area contributed by atoms with Crippen molar-refractivity contribution in [3.63, 3.8) is 0 Å². The molecule has 0 saturated carbocycles. The summed E-state index contributed by atoms with van der Waals surface area (Å²) >= 11 is 1.36. The summed E-state index contributed by atoms with van der Waals surface area (Å²) < 4.78 is 10.5. The molecule has 6 nitrogen and oxygen atoms in total. The summed E-state index contributed by atoms with van der Waals surface area (Å²) in [5.41, 5.74) is 4.90. The van der Waals surface area contributed by atoms with E-state index in [9.17, 15) is 4.79 Å². The van der Waals surface area contributed by atoms with E-state index in [0.29, 0.717) is 22.0 Å². The number of rotatable bonds is 5. The molecule has 0 radical (unpaired) electrons. The third-order valence-corrected chi connectivity index (χ3v) is 4.64. The molecule has 0 atom stereocenters. The smallest absolute Gasteiger partial charge is 0.345 e. The first-order valence-electron chi connectivity index (χ1n) is 8.15. The fraction of sp³-hybridized carbons (Fsp3) is 0.0500. The molecule has 4 rings (SSSR count). The Morgan fingerprint density at radius 3 is 2.96 bits per heavy atom. The third kappa shape index (κ3) is 3.73. The lowest BCUT2D eigenvalue weighted by Gasteiger charge is -2.00. The average Bonchev–Trinajstić information content (AvgIpc) is 3.16. The average molecular weight is 377 g/mol.